The van der Waals surface area contributed by atoms with Crippen molar-refractivity contribution in [3.05, 3.63) is 0 Å². The minimum atomic E-state index is 0.208. The van der Waals surface area contributed by atoms with E-state index in [1.54, 1.807) is 6.92 Å². The molecule has 0 aliphatic carbocycles. The minimum Gasteiger partial charge on any atom is -0.300 e. The number of carbonyl (C=O) groups is 1. The monoisotopic (exact) mass is 184 g/mol. The molecule has 1 heteroatoms. The van der Waals surface area contributed by atoms with Crippen molar-refractivity contribution in [2.45, 2.75) is 54.4 Å². The molecule has 0 aliphatic heterocycles. The lowest BCUT2D eigenvalue weighted by Gasteiger charge is -2.34. The van der Waals surface area contributed by atoms with Crippen molar-refractivity contribution >= 4 is 5.78 Å². The minimum absolute atomic E-state index is 0.208. The first-order chi connectivity index (χ1) is 5.80. The molecule has 0 saturated heterocycles. The van der Waals surface area contributed by atoms with Crippen LogP contribution in [-0.2, 0) is 4.79 Å². The number of hydrogen-bond donors (Lipinski definition) is 0. The Bertz CT molecular complexity index is 164. The molecular weight excluding hydrogens is 160 g/mol. The molecule has 0 aromatic rings. The maximum absolute atomic E-state index is 11.3. The van der Waals surface area contributed by atoms with Crippen molar-refractivity contribution in [2.24, 2.45) is 17.3 Å². The van der Waals surface area contributed by atoms with Gasteiger partial charge in [-0.2, -0.15) is 0 Å². The maximum atomic E-state index is 11.3. The fraction of sp³-hybridized carbons (Fsp3) is 0.917. The summed E-state index contributed by atoms with van der Waals surface area (Å²) in [6.07, 6.45) is 2.32. The third kappa shape index (κ3) is 3.93. The average Bonchev–Trinajstić information content (AvgIpc) is 1.96. The maximum Gasteiger partial charge on any atom is 0.132 e. The first-order valence-corrected chi connectivity index (χ1v) is 5.31. The fourth-order valence-corrected chi connectivity index (χ4v) is 2.03. The molecule has 1 nitrogen and oxygen atoms in total. The summed E-state index contributed by atoms with van der Waals surface area (Å²) in [5.74, 6) is 1.06. The summed E-state index contributed by atoms with van der Waals surface area (Å²) in [6.45, 7) is 12.6. The van der Waals surface area contributed by atoms with Crippen molar-refractivity contribution in [2.75, 3.05) is 0 Å². The van der Waals surface area contributed by atoms with E-state index in [9.17, 15) is 4.79 Å². The predicted molar refractivity (Wildman–Crippen MR) is 57.7 cm³/mol. The Hall–Kier alpha value is -0.330. The zero-order chi connectivity index (χ0) is 10.6. The van der Waals surface area contributed by atoms with E-state index in [0.29, 0.717) is 11.7 Å². The normalized spacial score (nSPS) is 16.8. The van der Waals surface area contributed by atoms with Gasteiger partial charge in [-0.25, -0.2) is 0 Å². The van der Waals surface area contributed by atoms with Gasteiger partial charge in [0.2, 0.25) is 0 Å². The van der Waals surface area contributed by atoms with Gasteiger partial charge < -0.3 is 0 Å². The molecule has 0 aliphatic rings. The van der Waals surface area contributed by atoms with Gasteiger partial charge in [-0.05, 0) is 24.7 Å². The molecule has 0 bridgehead atoms. The van der Waals surface area contributed by atoms with E-state index in [0.717, 1.165) is 6.42 Å². The quantitative estimate of drug-likeness (QED) is 0.651. The smallest absolute Gasteiger partial charge is 0.132 e. The Morgan fingerprint density at radius 3 is 2.00 bits per heavy atom. The van der Waals surface area contributed by atoms with E-state index in [-0.39, 0.29) is 11.3 Å². The number of hydrogen-bond acceptors (Lipinski definition) is 1. The summed E-state index contributed by atoms with van der Waals surface area (Å²) < 4.78 is 0. The molecule has 2 atom stereocenters. The van der Waals surface area contributed by atoms with Crippen molar-refractivity contribution in [3.8, 4) is 0 Å². The molecule has 0 aromatic heterocycles. The van der Waals surface area contributed by atoms with Crippen molar-refractivity contribution in [1.29, 1.82) is 0 Å². The lowest BCUT2D eigenvalue weighted by molar-refractivity contribution is -0.123. The van der Waals surface area contributed by atoms with Crippen LogP contribution in [0.5, 0.6) is 0 Å². The van der Waals surface area contributed by atoms with Gasteiger partial charge in [-0.3, -0.25) is 4.79 Å². The number of Topliss-reactive ketones (excluding diaryl/α,β-unsaturated/α-hetero) is 1. The average molecular weight is 184 g/mol. The SMILES string of the molecule is CCCC(C(C)C(C)=O)C(C)(C)C. The molecule has 0 aromatic carbocycles. The number of carbonyl (C=O) groups excluding carboxylic acids is 1. The third-order valence-corrected chi connectivity index (χ3v) is 2.96. The van der Waals surface area contributed by atoms with E-state index < -0.39 is 0 Å². The lowest BCUT2D eigenvalue weighted by Crippen LogP contribution is -2.30. The summed E-state index contributed by atoms with van der Waals surface area (Å²) >= 11 is 0. The highest BCUT2D eigenvalue weighted by Gasteiger charge is 2.30. The lowest BCUT2D eigenvalue weighted by atomic mass is 9.70. The van der Waals surface area contributed by atoms with Gasteiger partial charge in [0.1, 0.15) is 5.78 Å². The Kier molecular flexibility index (Phi) is 4.66. The van der Waals surface area contributed by atoms with Crippen LogP contribution < -0.4 is 0 Å². The van der Waals surface area contributed by atoms with Gasteiger partial charge in [0.05, 0.1) is 0 Å². The summed E-state index contributed by atoms with van der Waals surface area (Å²) in [7, 11) is 0. The molecule has 0 radical (unpaired) electrons. The van der Waals surface area contributed by atoms with Crippen LogP contribution in [0.15, 0.2) is 0 Å². The molecule has 0 rings (SSSR count). The van der Waals surface area contributed by atoms with Crippen LogP contribution in [-0.4, -0.2) is 5.78 Å². The molecular formula is C12H24O. The van der Waals surface area contributed by atoms with E-state index in [1.807, 2.05) is 0 Å². The molecule has 2 unspecified atom stereocenters. The van der Waals surface area contributed by atoms with Crippen LogP contribution >= 0.6 is 0 Å². The summed E-state index contributed by atoms with van der Waals surface area (Å²) in [5, 5.41) is 0. The standard InChI is InChI=1S/C12H24O/c1-7-8-11(12(4,5)6)9(2)10(3)13/h9,11H,7-8H2,1-6H3. The van der Waals surface area contributed by atoms with E-state index in [4.69, 9.17) is 0 Å². The summed E-state index contributed by atoms with van der Waals surface area (Å²) in [6, 6.07) is 0. The van der Waals surface area contributed by atoms with E-state index in [1.165, 1.54) is 6.42 Å². The van der Waals surface area contributed by atoms with E-state index >= 15 is 0 Å². The Morgan fingerprint density at radius 2 is 1.77 bits per heavy atom. The highest BCUT2D eigenvalue weighted by molar-refractivity contribution is 5.78. The highest BCUT2D eigenvalue weighted by atomic mass is 16.1. The summed E-state index contributed by atoms with van der Waals surface area (Å²) in [4.78, 5) is 11.3. The molecule has 0 fully saturated rings. The molecule has 13 heavy (non-hydrogen) atoms. The van der Waals surface area contributed by atoms with Gasteiger partial charge in [0.25, 0.3) is 0 Å². The Labute approximate surface area is 82.9 Å². The Morgan fingerprint density at radius 1 is 1.31 bits per heavy atom. The van der Waals surface area contributed by atoms with Crippen LogP contribution in [0.3, 0.4) is 0 Å². The van der Waals surface area contributed by atoms with Crippen LogP contribution in [0, 0.1) is 17.3 Å². The molecule has 0 spiro atoms. The zero-order valence-corrected chi connectivity index (χ0v) is 9.98. The predicted octanol–water partition coefficient (Wildman–Crippen LogP) is 3.67. The van der Waals surface area contributed by atoms with Crippen LogP contribution in [0.4, 0.5) is 0 Å². The van der Waals surface area contributed by atoms with Gasteiger partial charge in [0, 0.05) is 5.92 Å². The second-order valence-corrected chi connectivity index (χ2v) is 5.16. The molecule has 0 heterocycles. The zero-order valence-electron chi connectivity index (χ0n) is 9.98. The fourth-order valence-electron chi connectivity index (χ4n) is 2.03. The second kappa shape index (κ2) is 4.78. The van der Waals surface area contributed by atoms with Crippen LogP contribution in [0.1, 0.15) is 54.4 Å². The third-order valence-electron chi connectivity index (χ3n) is 2.96. The first-order valence-electron chi connectivity index (χ1n) is 5.31. The van der Waals surface area contributed by atoms with Gasteiger partial charge in [-0.1, -0.05) is 41.0 Å². The number of ketones is 1. The second-order valence-electron chi connectivity index (χ2n) is 5.16. The van der Waals surface area contributed by atoms with Crippen molar-refractivity contribution in [1.82, 2.24) is 0 Å². The van der Waals surface area contributed by atoms with Crippen LogP contribution in [0.2, 0.25) is 0 Å². The van der Waals surface area contributed by atoms with Crippen molar-refractivity contribution < 1.29 is 4.79 Å². The van der Waals surface area contributed by atoms with Crippen LogP contribution in [0.25, 0.3) is 0 Å². The highest BCUT2D eigenvalue weighted by Crippen LogP contribution is 2.35. The molecule has 0 saturated carbocycles. The van der Waals surface area contributed by atoms with Gasteiger partial charge in [-0.15, -0.1) is 0 Å². The first kappa shape index (κ1) is 12.7. The number of rotatable bonds is 4. The molecule has 0 amide bonds. The van der Waals surface area contributed by atoms with Gasteiger partial charge >= 0.3 is 0 Å². The largest absolute Gasteiger partial charge is 0.300 e. The molecule has 0 N–H and O–H groups in total. The molecule has 78 valence electrons. The Balaban J connectivity index is 4.51. The summed E-state index contributed by atoms with van der Waals surface area (Å²) in [5.41, 5.74) is 0.251. The van der Waals surface area contributed by atoms with E-state index in [2.05, 4.69) is 34.6 Å². The van der Waals surface area contributed by atoms with Gasteiger partial charge in [0.15, 0.2) is 0 Å². The van der Waals surface area contributed by atoms with Crippen molar-refractivity contribution in [3.63, 3.8) is 0 Å². The topological polar surface area (TPSA) is 17.1 Å².